The van der Waals surface area contributed by atoms with Gasteiger partial charge in [0.2, 0.25) is 11.8 Å². The quantitative estimate of drug-likeness (QED) is 0.104. The minimum Gasteiger partial charge on any atom is -0.453 e. The fourth-order valence-electron chi connectivity index (χ4n) is 5.79. The van der Waals surface area contributed by atoms with Crippen LogP contribution in [0.15, 0.2) is 91.3 Å². The summed E-state index contributed by atoms with van der Waals surface area (Å²) in [5.41, 5.74) is 5.85. The molecule has 0 aliphatic carbocycles. The van der Waals surface area contributed by atoms with Gasteiger partial charge < -0.3 is 44.8 Å². The number of hydrogen-bond acceptors (Lipinski definition) is 9. The highest BCUT2D eigenvalue weighted by Crippen LogP contribution is 2.27. The van der Waals surface area contributed by atoms with Crippen molar-refractivity contribution < 1.29 is 33.4 Å². The average molecular weight is 764 g/mol. The molecular weight excluding hydrogens is 718 g/mol. The Kier molecular flexibility index (Phi) is 13.9. The Morgan fingerprint density at radius 3 is 1.55 bits per heavy atom. The van der Waals surface area contributed by atoms with Crippen molar-refractivity contribution in [2.75, 3.05) is 47.6 Å². The van der Waals surface area contributed by atoms with Crippen LogP contribution in [-0.2, 0) is 32.2 Å². The van der Waals surface area contributed by atoms with Gasteiger partial charge in [0.15, 0.2) is 0 Å². The maximum atomic E-state index is 13.2. The van der Waals surface area contributed by atoms with E-state index in [0.717, 1.165) is 40.1 Å². The summed E-state index contributed by atoms with van der Waals surface area (Å²) in [6.45, 7) is 2.29. The predicted octanol–water partition coefficient (Wildman–Crippen LogP) is 4.64. The van der Waals surface area contributed by atoms with E-state index in [0.29, 0.717) is 23.8 Å². The molecule has 56 heavy (non-hydrogen) atoms. The number of H-pyrrole nitrogens is 2. The summed E-state index contributed by atoms with van der Waals surface area (Å²) in [7, 11) is 4.06. The van der Waals surface area contributed by atoms with Crippen molar-refractivity contribution in [3.05, 3.63) is 108 Å². The number of amides is 5. The fourth-order valence-corrected chi connectivity index (χ4v) is 5.79. The largest absolute Gasteiger partial charge is 0.453 e. The van der Waals surface area contributed by atoms with Crippen LogP contribution in [0.1, 0.15) is 35.4 Å². The summed E-state index contributed by atoms with van der Waals surface area (Å²) >= 11 is 0. The molecule has 2 aromatic heterocycles. The lowest BCUT2D eigenvalue weighted by Gasteiger charge is -2.27. The summed E-state index contributed by atoms with van der Waals surface area (Å²) < 4.78 is 9.15. The van der Waals surface area contributed by atoms with Crippen LogP contribution >= 0.6 is 0 Å². The SMILES string of the molecule is CCCN(Cc1ncc(-c2ccc(-c3ccc(-c4cnc(CN(CN(C)C(=O)c5ccccc5)C(=O)CNC(=O)OC)[nH]4)cc3)cc2)[nH]1)C(=O)CNC(=O)OC. The Bertz CT molecular complexity index is 2100. The van der Waals surface area contributed by atoms with Gasteiger partial charge >= 0.3 is 12.2 Å². The van der Waals surface area contributed by atoms with Crippen molar-refractivity contribution >= 4 is 29.9 Å². The molecule has 0 aliphatic rings. The molecule has 0 bridgehead atoms. The summed E-state index contributed by atoms with van der Waals surface area (Å²) in [6.07, 6.45) is 2.76. The highest BCUT2D eigenvalue weighted by molar-refractivity contribution is 5.94. The van der Waals surface area contributed by atoms with Gasteiger partial charge in [-0.15, -0.1) is 0 Å². The maximum Gasteiger partial charge on any atom is 0.407 e. The molecule has 0 fully saturated rings. The number of nitrogens with one attached hydrogen (secondary N) is 4. The van der Waals surface area contributed by atoms with Crippen LogP contribution in [0, 0.1) is 0 Å². The van der Waals surface area contributed by atoms with Gasteiger partial charge in [-0.3, -0.25) is 14.4 Å². The molecule has 0 atom stereocenters. The van der Waals surface area contributed by atoms with E-state index in [4.69, 9.17) is 0 Å². The van der Waals surface area contributed by atoms with Gasteiger partial charge in [0.05, 0.1) is 57.8 Å². The number of imidazole rings is 2. The van der Waals surface area contributed by atoms with Crippen molar-refractivity contribution in [3.8, 4) is 33.6 Å². The molecule has 292 valence electrons. The van der Waals surface area contributed by atoms with E-state index in [1.54, 1.807) is 48.6 Å². The standard InChI is InChI=1S/C40H45N9O7/c1-5-19-48(36(50)22-43-39(53)55-3)24-34-41-20-32(45-34)29-15-11-27(12-16-29)28-13-17-30(18-14-28)33-21-42-35(46-33)25-49(37(51)23-44-40(54)56-4)26-47(2)38(52)31-9-7-6-8-10-31/h6-18,20-21H,5,19,22-26H2,1-4H3,(H,41,45)(H,42,46)(H,43,53)(H,44,54). The number of carbonyl (C=O) groups excluding carboxylic acids is 5. The van der Waals surface area contributed by atoms with E-state index in [1.807, 2.05) is 61.5 Å². The molecule has 0 radical (unpaired) electrons. The van der Waals surface area contributed by atoms with Gasteiger partial charge in [0.25, 0.3) is 5.91 Å². The average Bonchev–Trinajstić information content (AvgIpc) is 3.91. The van der Waals surface area contributed by atoms with E-state index >= 15 is 0 Å². The molecule has 5 amide bonds. The minimum absolute atomic E-state index is 0.0449. The molecule has 2 heterocycles. The van der Waals surface area contributed by atoms with E-state index in [-0.39, 0.29) is 44.7 Å². The van der Waals surface area contributed by atoms with Crippen molar-refractivity contribution in [1.29, 1.82) is 0 Å². The minimum atomic E-state index is -0.743. The maximum absolute atomic E-state index is 13.2. The number of hydrogen-bond donors (Lipinski definition) is 4. The molecule has 0 saturated heterocycles. The number of rotatable bonds is 16. The van der Waals surface area contributed by atoms with E-state index in [2.05, 4.69) is 40.0 Å². The molecule has 5 aromatic rings. The van der Waals surface area contributed by atoms with Crippen molar-refractivity contribution in [1.82, 2.24) is 45.3 Å². The third kappa shape index (κ3) is 10.8. The van der Waals surface area contributed by atoms with Gasteiger partial charge in [-0.05, 0) is 40.8 Å². The number of aromatic nitrogens is 4. The zero-order valence-corrected chi connectivity index (χ0v) is 31.7. The van der Waals surface area contributed by atoms with Crippen molar-refractivity contribution in [2.45, 2.75) is 26.4 Å². The Hall–Kier alpha value is -6.97. The van der Waals surface area contributed by atoms with Crippen LogP contribution in [0.2, 0.25) is 0 Å². The Morgan fingerprint density at radius 1 is 0.643 bits per heavy atom. The molecule has 3 aromatic carbocycles. The van der Waals surface area contributed by atoms with E-state index in [9.17, 15) is 24.0 Å². The second kappa shape index (κ2) is 19.4. The Morgan fingerprint density at radius 2 is 1.09 bits per heavy atom. The highest BCUT2D eigenvalue weighted by atomic mass is 16.5. The first-order chi connectivity index (χ1) is 27.1. The molecule has 16 heteroatoms. The number of nitrogens with zero attached hydrogens (tertiary/aromatic N) is 5. The molecule has 0 saturated carbocycles. The van der Waals surface area contributed by atoms with Crippen LogP contribution in [0.25, 0.3) is 33.6 Å². The lowest BCUT2D eigenvalue weighted by Crippen LogP contribution is -2.46. The fraction of sp³-hybridized carbons (Fsp3) is 0.275. The Balaban J connectivity index is 1.22. The summed E-state index contributed by atoms with van der Waals surface area (Å²) in [6, 6.07) is 24.7. The first-order valence-corrected chi connectivity index (χ1v) is 17.9. The first kappa shape index (κ1) is 40.2. The third-order valence-corrected chi connectivity index (χ3v) is 8.75. The second-order valence-corrected chi connectivity index (χ2v) is 12.7. The molecule has 4 N–H and O–H groups in total. The summed E-state index contributed by atoms with van der Waals surface area (Å²) in [5.74, 6) is 0.194. The van der Waals surface area contributed by atoms with E-state index < -0.39 is 18.1 Å². The monoisotopic (exact) mass is 763 g/mol. The highest BCUT2D eigenvalue weighted by Gasteiger charge is 2.22. The smallest absolute Gasteiger partial charge is 0.407 e. The summed E-state index contributed by atoms with van der Waals surface area (Å²) in [4.78, 5) is 82.0. The third-order valence-electron chi connectivity index (χ3n) is 8.75. The number of aromatic amines is 2. The number of carbonyl (C=O) groups is 5. The van der Waals surface area contributed by atoms with Gasteiger partial charge in [-0.25, -0.2) is 19.6 Å². The van der Waals surface area contributed by atoms with Crippen LogP contribution in [0.3, 0.4) is 0 Å². The van der Waals surface area contributed by atoms with Crippen LogP contribution in [0.5, 0.6) is 0 Å². The molecule has 0 spiro atoms. The summed E-state index contributed by atoms with van der Waals surface area (Å²) in [5, 5.41) is 4.83. The molecule has 0 unspecified atom stereocenters. The molecule has 0 aliphatic heterocycles. The first-order valence-electron chi connectivity index (χ1n) is 17.9. The lowest BCUT2D eigenvalue weighted by molar-refractivity contribution is -0.132. The zero-order valence-electron chi connectivity index (χ0n) is 31.7. The van der Waals surface area contributed by atoms with Gasteiger partial charge in [0, 0.05) is 19.2 Å². The van der Waals surface area contributed by atoms with Gasteiger partial charge in [-0.1, -0.05) is 73.7 Å². The van der Waals surface area contributed by atoms with Gasteiger partial charge in [-0.2, -0.15) is 0 Å². The Labute approximate surface area is 324 Å². The number of methoxy groups -OCH3 is 2. The van der Waals surface area contributed by atoms with Crippen molar-refractivity contribution in [2.24, 2.45) is 0 Å². The van der Waals surface area contributed by atoms with Crippen LogP contribution in [0.4, 0.5) is 9.59 Å². The number of ether oxygens (including phenoxy) is 2. The number of benzene rings is 3. The van der Waals surface area contributed by atoms with Gasteiger partial charge in [0.1, 0.15) is 24.7 Å². The molecule has 16 nitrogen and oxygen atoms in total. The number of alkyl carbamates (subject to hydrolysis) is 2. The molecular formula is C40H45N9O7. The lowest BCUT2D eigenvalue weighted by atomic mass is 10.0. The van der Waals surface area contributed by atoms with Crippen LogP contribution < -0.4 is 10.6 Å². The van der Waals surface area contributed by atoms with Crippen molar-refractivity contribution in [3.63, 3.8) is 0 Å². The zero-order chi connectivity index (χ0) is 40.0. The van der Waals surface area contributed by atoms with Crippen LogP contribution in [-0.4, -0.2) is 112 Å². The predicted molar refractivity (Wildman–Crippen MR) is 208 cm³/mol. The normalized spacial score (nSPS) is 10.6. The second-order valence-electron chi connectivity index (χ2n) is 12.7. The van der Waals surface area contributed by atoms with E-state index in [1.165, 1.54) is 24.0 Å². The topological polar surface area (TPSA) is 195 Å². The molecule has 5 rings (SSSR count).